The minimum atomic E-state index is 0. The van der Waals surface area contributed by atoms with Crippen LogP contribution in [0.4, 0.5) is 0 Å². The SMILES string of the molecule is C[CH-]C.C[CH-]C.C[CH-]C.C[c-]1cccc1.[Pt+4]. The van der Waals surface area contributed by atoms with Crippen LogP contribution in [0.15, 0.2) is 24.3 Å². The van der Waals surface area contributed by atoms with Gasteiger partial charge in [-0.05, 0) is 0 Å². The Balaban J connectivity index is -0.0000000637. The minimum Gasteiger partial charge on any atom is -0.335 e. The molecule has 0 radical (unpaired) electrons. The van der Waals surface area contributed by atoms with Crippen LogP contribution < -0.4 is 0 Å². The van der Waals surface area contributed by atoms with E-state index in [1.807, 2.05) is 72.9 Å². The van der Waals surface area contributed by atoms with Crippen LogP contribution in [0.25, 0.3) is 0 Å². The van der Waals surface area contributed by atoms with Crippen molar-refractivity contribution in [3.63, 3.8) is 0 Å². The predicted octanol–water partition coefficient (Wildman–Crippen LogP) is 5.40. The van der Waals surface area contributed by atoms with Crippen molar-refractivity contribution in [3.8, 4) is 0 Å². The molecule has 0 aromatic heterocycles. The molecule has 0 heterocycles. The molecule has 0 spiro atoms. The van der Waals surface area contributed by atoms with E-state index >= 15 is 0 Å². The zero-order valence-electron chi connectivity index (χ0n) is 11.9. The van der Waals surface area contributed by atoms with E-state index in [0.717, 1.165) is 0 Å². The largest absolute Gasteiger partial charge is 4.00 e. The first kappa shape index (κ1) is 25.0. The van der Waals surface area contributed by atoms with Crippen LogP contribution in [-0.4, -0.2) is 0 Å². The smallest absolute Gasteiger partial charge is 0.335 e. The van der Waals surface area contributed by atoms with Crippen LogP contribution in [0.2, 0.25) is 0 Å². The monoisotopic (exact) mass is 403 g/mol. The zero-order chi connectivity index (χ0) is 12.5. The maximum absolute atomic E-state index is 2.08. The van der Waals surface area contributed by atoms with Crippen LogP contribution in [0, 0.1) is 26.2 Å². The molecule has 0 fully saturated rings. The fraction of sp³-hybridized carbons (Fsp3) is 0.467. The van der Waals surface area contributed by atoms with Gasteiger partial charge in [0.1, 0.15) is 0 Å². The van der Waals surface area contributed by atoms with Gasteiger partial charge in [0.15, 0.2) is 0 Å². The summed E-state index contributed by atoms with van der Waals surface area (Å²) in [5, 5.41) is 0. The molecule has 1 rings (SSSR count). The molecule has 0 atom stereocenters. The fourth-order valence-corrected chi connectivity index (χ4v) is 0.470. The van der Waals surface area contributed by atoms with E-state index in [4.69, 9.17) is 0 Å². The average molecular weight is 403 g/mol. The second-order valence-corrected chi connectivity index (χ2v) is 3.19. The first-order valence-corrected chi connectivity index (χ1v) is 5.54. The molecule has 0 amide bonds. The molecule has 1 aromatic rings. The minimum absolute atomic E-state index is 0. The Morgan fingerprint density at radius 2 is 0.875 bits per heavy atom. The maximum Gasteiger partial charge on any atom is 4.00 e. The first-order chi connectivity index (χ1) is 7.14. The summed E-state index contributed by atoms with van der Waals surface area (Å²) in [4.78, 5) is 0. The Morgan fingerprint density at radius 3 is 0.938 bits per heavy atom. The van der Waals surface area contributed by atoms with Crippen molar-refractivity contribution in [1.29, 1.82) is 0 Å². The fourth-order valence-electron chi connectivity index (χ4n) is 0.470. The molecule has 0 aliphatic rings. The molecule has 0 bridgehead atoms. The van der Waals surface area contributed by atoms with Crippen LogP contribution >= 0.6 is 0 Å². The topological polar surface area (TPSA) is 0 Å². The molecule has 16 heavy (non-hydrogen) atoms. The third kappa shape index (κ3) is 48.2. The van der Waals surface area contributed by atoms with Crippen LogP contribution in [0.3, 0.4) is 0 Å². The molecular weight excluding hydrogens is 375 g/mol. The van der Waals surface area contributed by atoms with Crippen molar-refractivity contribution in [2.75, 3.05) is 0 Å². The van der Waals surface area contributed by atoms with Gasteiger partial charge in [0.05, 0.1) is 0 Å². The van der Waals surface area contributed by atoms with Gasteiger partial charge in [0, 0.05) is 0 Å². The molecule has 1 aromatic carbocycles. The van der Waals surface area contributed by atoms with Crippen LogP contribution in [0.5, 0.6) is 0 Å². The Kier molecular flexibility index (Phi) is 46.0. The Labute approximate surface area is 118 Å². The second kappa shape index (κ2) is 29.4. The molecule has 0 unspecified atom stereocenters. The van der Waals surface area contributed by atoms with Gasteiger partial charge in [-0.1, -0.05) is 6.92 Å². The summed E-state index contributed by atoms with van der Waals surface area (Å²) in [5.74, 6) is 0. The third-order valence-corrected chi connectivity index (χ3v) is 0.829. The molecule has 0 aliphatic heterocycles. The first-order valence-electron chi connectivity index (χ1n) is 5.54. The van der Waals surface area contributed by atoms with E-state index in [-0.39, 0.29) is 21.1 Å². The molecule has 0 N–H and O–H groups in total. The quantitative estimate of drug-likeness (QED) is 0.509. The van der Waals surface area contributed by atoms with E-state index in [1.54, 1.807) is 0 Å². The van der Waals surface area contributed by atoms with E-state index in [1.165, 1.54) is 5.56 Å². The van der Waals surface area contributed by atoms with E-state index in [0.29, 0.717) is 0 Å². The predicted molar refractivity (Wildman–Crippen MR) is 73.7 cm³/mol. The normalized spacial score (nSPS) is 6.69. The molecular formula is C15H28Pt. The summed E-state index contributed by atoms with van der Waals surface area (Å²) in [6.07, 6.45) is 6.00. The Morgan fingerprint density at radius 1 is 0.688 bits per heavy atom. The second-order valence-electron chi connectivity index (χ2n) is 3.19. The Hall–Kier alpha value is 0.0383. The molecule has 0 saturated carbocycles. The van der Waals surface area contributed by atoms with Gasteiger partial charge in [-0.15, -0.1) is 0 Å². The summed E-state index contributed by atoms with van der Waals surface area (Å²) < 4.78 is 0. The summed E-state index contributed by atoms with van der Waals surface area (Å²) in [5.41, 5.74) is 1.34. The Bertz CT molecular complexity index is 138. The molecule has 98 valence electrons. The van der Waals surface area contributed by atoms with Crippen LogP contribution in [-0.2, 0) is 21.1 Å². The average Bonchev–Trinajstić information content (AvgIpc) is 2.60. The molecule has 0 aliphatic carbocycles. The van der Waals surface area contributed by atoms with Crippen molar-refractivity contribution in [1.82, 2.24) is 0 Å². The van der Waals surface area contributed by atoms with Gasteiger partial charge >= 0.3 is 21.1 Å². The van der Waals surface area contributed by atoms with Gasteiger partial charge in [0.2, 0.25) is 0 Å². The van der Waals surface area contributed by atoms with Crippen molar-refractivity contribution in [2.45, 2.75) is 48.5 Å². The van der Waals surface area contributed by atoms with E-state index in [9.17, 15) is 0 Å². The summed E-state index contributed by atoms with van der Waals surface area (Å²) in [6.45, 7) is 14.1. The molecule has 0 saturated heterocycles. The summed E-state index contributed by atoms with van der Waals surface area (Å²) >= 11 is 0. The van der Waals surface area contributed by atoms with Gasteiger partial charge in [-0.25, -0.2) is 12.1 Å². The van der Waals surface area contributed by atoms with E-state index in [2.05, 4.69) is 19.1 Å². The molecule has 1 heteroatoms. The van der Waals surface area contributed by atoms with E-state index < -0.39 is 0 Å². The van der Waals surface area contributed by atoms with Crippen molar-refractivity contribution in [3.05, 3.63) is 49.1 Å². The molecule has 0 nitrogen and oxygen atoms in total. The van der Waals surface area contributed by atoms with Gasteiger partial charge in [-0.3, -0.25) is 0 Å². The van der Waals surface area contributed by atoms with Gasteiger partial charge in [-0.2, -0.15) is 59.2 Å². The maximum atomic E-state index is 2.08. The number of hydrogen-bond donors (Lipinski definition) is 0. The van der Waals surface area contributed by atoms with Crippen molar-refractivity contribution < 1.29 is 21.1 Å². The standard InChI is InChI=1S/C6H7.3C3H7.Pt/c1-6-4-2-3-5-6;3*1-3-2;/h2-5H,1H3;3*3H,1-2H3;/q4*-1;+4. The zero-order valence-corrected chi connectivity index (χ0v) is 14.1. The number of rotatable bonds is 0. The third-order valence-electron chi connectivity index (χ3n) is 0.829. The van der Waals surface area contributed by atoms with Crippen LogP contribution in [0.1, 0.15) is 47.1 Å². The van der Waals surface area contributed by atoms with Gasteiger partial charge in [0.25, 0.3) is 0 Å². The van der Waals surface area contributed by atoms with Gasteiger partial charge < -0.3 is 19.3 Å². The number of aryl methyl sites for hydroxylation is 1. The number of hydrogen-bond acceptors (Lipinski definition) is 0. The summed E-state index contributed by atoms with van der Waals surface area (Å²) in [6, 6.07) is 8.24. The van der Waals surface area contributed by atoms with Crippen molar-refractivity contribution >= 4 is 0 Å². The summed E-state index contributed by atoms with van der Waals surface area (Å²) in [7, 11) is 0. The van der Waals surface area contributed by atoms with Crippen molar-refractivity contribution in [2.24, 2.45) is 0 Å².